The average Bonchev–Trinajstić information content (AvgIpc) is 3.14. The number of nitrogens with zero attached hydrogens (tertiary/aromatic N) is 5. The van der Waals surface area contributed by atoms with Gasteiger partial charge in [0.1, 0.15) is 5.75 Å². The summed E-state index contributed by atoms with van der Waals surface area (Å²) in [7, 11) is 0.633. The number of methoxy groups -OCH3 is 1. The van der Waals surface area contributed by atoms with E-state index in [0.717, 1.165) is 54.8 Å². The van der Waals surface area contributed by atoms with E-state index in [2.05, 4.69) is 44.2 Å². The first-order valence-corrected chi connectivity index (χ1v) is 13.0. The van der Waals surface area contributed by atoms with E-state index < -0.39 is 10.0 Å². The van der Waals surface area contributed by atoms with E-state index >= 15 is 0 Å². The van der Waals surface area contributed by atoms with E-state index in [0.29, 0.717) is 18.4 Å². The fraction of sp³-hybridized carbons (Fsp3) is 0.500. The average molecular weight is 472 g/mol. The highest BCUT2D eigenvalue weighted by molar-refractivity contribution is 7.88. The molecule has 0 amide bonds. The van der Waals surface area contributed by atoms with Gasteiger partial charge in [-0.25, -0.2) is 22.8 Å². The Morgan fingerprint density at radius 3 is 2.79 bits per heavy atom. The maximum Gasteiger partial charge on any atom is 0.229 e. The summed E-state index contributed by atoms with van der Waals surface area (Å²) in [6, 6.07) is 4.43. The van der Waals surface area contributed by atoms with E-state index in [-0.39, 0.29) is 6.04 Å². The Morgan fingerprint density at radius 1 is 1.21 bits per heavy atom. The first-order valence-electron chi connectivity index (χ1n) is 11.1. The number of hydrogen-bond donors (Lipinski definition) is 2. The molecule has 33 heavy (non-hydrogen) atoms. The number of hydrogen-bond acceptors (Lipinski definition) is 8. The Hall–Kier alpha value is -2.76. The second-order valence-electron chi connectivity index (χ2n) is 9.11. The van der Waals surface area contributed by atoms with Crippen LogP contribution in [0.15, 0.2) is 24.5 Å². The van der Waals surface area contributed by atoms with E-state index in [1.807, 2.05) is 4.68 Å². The first-order chi connectivity index (χ1) is 15.8. The van der Waals surface area contributed by atoms with E-state index in [4.69, 9.17) is 9.72 Å². The normalized spacial score (nSPS) is 20.9. The van der Waals surface area contributed by atoms with Crippen molar-refractivity contribution in [1.29, 1.82) is 0 Å². The van der Waals surface area contributed by atoms with Gasteiger partial charge in [0.25, 0.3) is 0 Å². The first kappa shape index (κ1) is 22.1. The Bertz CT molecular complexity index is 1280. The topological polar surface area (TPSA) is 114 Å². The van der Waals surface area contributed by atoms with Gasteiger partial charge in [-0.15, -0.1) is 0 Å². The zero-order valence-electron chi connectivity index (χ0n) is 19.1. The zero-order chi connectivity index (χ0) is 23.2. The molecule has 0 atom stereocenters. The third-order valence-corrected chi connectivity index (χ3v) is 7.19. The molecular weight excluding hydrogens is 442 g/mol. The third kappa shape index (κ3) is 4.66. The predicted octanol–water partition coefficient (Wildman–Crippen LogP) is 2.07. The van der Waals surface area contributed by atoms with Crippen LogP contribution in [0.2, 0.25) is 0 Å². The molecule has 0 spiro atoms. The quantitative estimate of drug-likeness (QED) is 0.538. The van der Waals surface area contributed by atoms with Crippen molar-refractivity contribution in [3.8, 4) is 5.75 Å². The summed E-state index contributed by atoms with van der Waals surface area (Å²) in [5.41, 5.74) is 4.20. The van der Waals surface area contributed by atoms with Gasteiger partial charge in [-0.3, -0.25) is 0 Å². The summed E-state index contributed by atoms with van der Waals surface area (Å²) >= 11 is 0. The minimum Gasteiger partial charge on any atom is -0.495 e. The highest BCUT2D eigenvalue weighted by Crippen LogP contribution is 2.39. The van der Waals surface area contributed by atoms with Crippen molar-refractivity contribution < 1.29 is 13.2 Å². The fourth-order valence-electron chi connectivity index (χ4n) is 4.61. The number of sulfonamides is 1. The van der Waals surface area contributed by atoms with Gasteiger partial charge in [0.15, 0.2) is 5.65 Å². The van der Waals surface area contributed by atoms with Crippen LogP contribution in [-0.2, 0) is 23.0 Å². The van der Waals surface area contributed by atoms with Gasteiger partial charge in [-0.05, 0) is 55.5 Å². The van der Waals surface area contributed by atoms with Crippen molar-refractivity contribution in [2.24, 2.45) is 5.92 Å². The number of likely N-dealkylation sites (N-methyl/N-ethyl adjacent to an activating group) is 1. The van der Waals surface area contributed by atoms with Crippen molar-refractivity contribution in [1.82, 2.24) is 29.4 Å². The molecule has 1 saturated carbocycles. The van der Waals surface area contributed by atoms with Crippen LogP contribution in [0.1, 0.15) is 30.0 Å². The summed E-state index contributed by atoms with van der Waals surface area (Å²) in [6.45, 7) is 2.40. The lowest BCUT2D eigenvalue weighted by atomic mass is 9.80. The van der Waals surface area contributed by atoms with Crippen LogP contribution >= 0.6 is 0 Å². The van der Waals surface area contributed by atoms with Crippen molar-refractivity contribution in [2.45, 2.75) is 31.8 Å². The summed E-state index contributed by atoms with van der Waals surface area (Å²) in [6.07, 6.45) is 7.46. The van der Waals surface area contributed by atoms with E-state index in [1.54, 1.807) is 19.5 Å². The van der Waals surface area contributed by atoms with E-state index in [9.17, 15) is 8.42 Å². The predicted molar refractivity (Wildman–Crippen MR) is 126 cm³/mol. The number of benzene rings is 1. The SMILES string of the molecule is COc1cc2c(cc1Nc1ncc3cnn([C@H]4C[C@@H](CNS(C)(=O)=O)C4)c3n1)CN(C)CC2. The number of ether oxygens (including phenoxy) is 1. The Balaban J connectivity index is 1.35. The molecule has 3 heterocycles. The Morgan fingerprint density at radius 2 is 2.03 bits per heavy atom. The highest BCUT2D eigenvalue weighted by Gasteiger charge is 2.32. The molecule has 1 aliphatic heterocycles. The minimum absolute atomic E-state index is 0.199. The van der Waals surface area contributed by atoms with Crippen LogP contribution in [0, 0.1) is 5.92 Å². The molecule has 0 saturated heterocycles. The van der Waals surface area contributed by atoms with Crippen molar-refractivity contribution >= 4 is 32.7 Å². The summed E-state index contributed by atoms with van der Waals surface area (Å²) in [5, 5.41) is 8.73. The molecule has 2 aromatic heterocycles. The Labute approximate surface area is 193 Å². The molecule has 1 aromatic carbocycles. The second kappa shape index (κ2) is 8.54. The maximum absolute atomic E-state index is 11.3. The minimum atomic E-state index is -3.17. The lowest BCUT2D eigenvalue weighted by molar-refractivity contribution is 0.190. The van der Waals surface area contributed by atoms with Gasteiger partial charge >= 0.3 is 0 Å². The van der Waals surface area contributed by atoms with Crippen LogP contribution in [0.3, 0.4) is 0 Å². The summed E-state index contributed by atoms with van der Waals surface area (Å²) < 4.78 is 32.8. The standard InChI is InChI=1S/C22H29N7O3S/c1-28-5-4-15-9-20(32-2)19(8-16(15)13-28)26-22-23-11-17-12-24-29(21(17)27-22)18-6-14(7-18)10-25-33(3,30)31/h8-9,11-12,14,18,25H,4-7,10,13H2,1-3H3,(H,23,26,27)/t14-,18+. The number of aromatic nitrogens is 4. The number of rotatable bonds is 7. The largest absolute Gasteiger partial charge is 0.495 e. The molecule has 1 aliphatic carbocycles. The van der Waals surface area contributed by atoms with Gasteiger partial charge in [0.05, 0.1) is 36.7 Å². The van der Waals surface area contributed by atoms with Gasteiger partial charge < -0.3 is 15.0 Å². The smallest absolute Gasteiger partial charge is 0.229 e. The van der Waals surface area contributed by atoms with Crippen molar-refractivity contribution in [3.05, 3.63) is 35.7 Å². The summed E-state index contributed by atoms with van der Waals surface area (Å²) in [5.74, 6) is 1.57. The number of anilines is 2. The number of nitrogens with one attached hydrogen (secondary N) is 2. The molecule has 0 bridgehead atoms. The van der Waals surface area contributed by atoms with Gasteiger partial charge in [0, 0.05) is 25.8 Å². The van der Waals surface area contributed by atoms with Gasteiger partial charge in [-0.2, -0.15) is 10.1 Å². The summed E-state index contributed by atoms with van der Waals surface area (Å²) in [4.78, 5) is 11.5. The van der Waals surface area contributed by atoms with Crippen LogP contribution in [0.5, 0.6) is 5.75 Å². The highest BCUT2D eigenvalue weighted by atomic mass is 32.2. The van der Waals surface area contributed by atoms with Crippen molar-refractivity contribution in [2.75, 3.05) is 38.8 Å². The van der Waals surface area contributed by atoms with E-state index in [1.165, 1.54) is 17.4 Å². The van der Waals surface area contributed by atoms with Crippen LogP contribution < -0.4 is 14.8 Å². The molecule has 1 fully saturated rings. The van der Waals surface area contributed by atoms with Crippen molar-refractivity contribution in [3.63, 3.8) is 0 Å². The molecule has 176 valence electrons. The number of fused-ring (bicyclic) bond motifs is 2. The molecule has 5 rings (SSSR count). The molecule has 0 unspecified atom stereocenters. The molecular formula is C22H29N7O3S. The molecule has 0 radical (unpaired) electrons. The lowest BCUT2D eigenvalue weighted by Crippen LogP contribution is -2.37. The lowest BCUT2D eigenvalue weighted by Gasteiger charge is -2.35. The van der Waals surface area contributed by atoms with Crippen LogP contribution in [0.4, 0.5) is 11.6 Å². The fourth-order valence-corrected chi connectivity index (χ4v) is 5.15. The molecule has 2 aliphatic rings. The monoisotopic (exact) mass is 471 g/mol. The van der Waals surface area contributed by atoms with Crippen LogP contribution in [-0.4, -0.2) is 66.6 Å². The molecule has 11 heteroatoms. The second-order valence-corrected chi connectivity index (χ2v) is 10.9. The maximum atomic E-state index is 11.3. The third-order valence-electron chi connectivity index (χ3n) is 6.50. The van der Waals surface area contributed by atoms with Gasteiger partial charge in [-0.1, -0.05) is 0 Å². The van der Waals surface area contributed by atoms with Gasteiger partial charge in [0.2, 0.25) is 16.0 Å². The molecule has 10 nitrogen and oxygen atoms in total. The van der Waals surface area contributed by atoms with Crippen LogP contribution in [0.25, 0.3) is 11.0 Å². The molecule has 2 N–H and O–H groups in total. The zero-order valence-corrected chi connectivity index (χ0v) is 19.9. The Kier molecular flexibility index (Phi) is 5.71. The molecule has 3 aromatic rings.